The average Bonchev–Trinajstić information content (AvgIpc) is 2.88. The molecule has 0 unspecified atom stereocenters. The van der Waals surface area contributed by atoms with E-state index in [-0.39, 0.29) is 39.7 Å². The van der Waals surface area contributed by atoms with Gasteiger partial charge in [-0.1, -0.05) is 60.7 Å². The van der Waals surface area contributed by atoms with Crippen LogP contribution >= 0.6 is 0 Å². The molecule has 4 aromatic rings. The lowest BCUT2D eigenvalue weighted by molar-refractivity contribution is 0.103. The maximum Gasteiger partial charge on any atom is 0.189 e. The highest BCUT2D eigenvalue weighted by molar-refractivity contribution is 6.10. The number of phenolic OH excluding ortho intramolecular Hbond substituents is 4. The standard InChI is InChI=1S/C30H22O6/c31-22-11-6-19(7-12-22)8-14-28(34)25-17-24(29(35)18-30(25)36)23-16-20(10-15-27(23)33)9-13-26(32)21-4-2-1-3-5-21/h1-18,31,33,35-36H/b13-9+,14-8+. The van der Waals surface area contributed by atoms with E-state index in [1.165, 1.54) is 42.5 Å². The quantitative estimate of drug-likeness (QED) is 0.192. The van der Waals surface area contributed by atoms with E-state index >= 15 is 0 Å². The molecule has 4 N–H and O–H groups in total. The van der Waals surface area contributed by atoms with Gasteiger partial charge < -0.3 is 20.4 Å². The molecule has 6 heteroatoms. The molecule has 0 aliphatic carbocycles. The molecule has 0 atom stereocenters. The molecule has 0 bridgehead atoms. The predicted octanol–water partition coefficient (Wildman–Crippen LogP) is 5.97. The fourth-order valence-corrected chi connectivity index (χ4v) is 3.58. The molecule has 0 fully saturated rings. The molecule has 0 aliphatic heterocycles. The van der Waals surface area contributed by atoms with Crippen molar-refractivity contribution in [1.82, 2.24) is 0 Å². The zero-order valence-corrected chi connectivity index (χ0v) is 19.0. The summed E-state index contributed by atoms with van der Waals surface area (Å²) < 4.78 is 0. The van der Waals surface area contributed by atoms with Gasteiger partial charge in [-0.2, -0.15) is 0 Å². The number of rotatable bonds is 7. The smallest absolute Gasteiger partial charge is 0.189 e. The predicted molar refractivity (Wildman–Crippen MR) is 138 cm³/mol. The maximum atomic E-state index is 12.8. The minimum absolute atomic E-state index is 0.0718. The van der Waals surface area contributed by atoms with Crippen LogP contribution < -0.4 is 0 Å². The number of hydrogen-bond donors (Lipinski definition) is 4. The molecular weight excluding hydrogens is 456 g/mol. The number of carbonyl (C=O) groups is 2. The number of aromatic hydroxyl groups is 4. The van der Waals surface area contributed by atoms with Gasteiger partial charge in [0.2, 0.25) is 0 Å². The van der Waals surface area contributed by atoms with Crippen LogP contribution in [0.1, 0.15) is 31.8 Å². The van der Waals surface area contributed by atoms with Crippen molar-refractivity contribution in [2.24, 2.45) is 0 Å². The first-order chi connectivity index (χ1) is 17.3. The summed E-state index contributed by atoms with van der Waals surface area (Å²) in [4.78, 5) is 25.1. The van der Waals surface area contributed by atoms with Crippen LogP contribution in [0.3, 0.4) is 0 Å². The molecule has 0 saturated carbocycles. The summed E-state index contributed by atoms with van der Waals surface area (Å²) in [5, 5.41) is 40.6. The average molecular weight is 479 g/mol. The van der Waals surface area contributed by atoms with Crippen molar-refractivity contribution in [3.63, 3.8) is 0 Å². The van der Waals surface area contributed by atoms with Gasteiger partial charge in [0, 0.05) is 22.8 Å². The Hall–Kier alpha value is -5.10. The lowest BCUT2D eigenvalue weighted by atomic mass is 9.96. The van der Waals surface area contributed by atoms with Gasteiger partial charge in [-0.3, -0.25) is 9.59 Å². The van der Waals surface area contributed by atoms with Crippen LogP contribution in [0.5, 0.6) is 23.0 Å². The maximum absolute atomic E-state index is 12.8. The van der Waals surface area contributed by atoms with Crippen LogP contribution in [0.4, 0.5) is 0 Å². The van der Waals surface area contributed by atoms with E-state index in [9.17, 15) is 30.0 Å². The summed E-state index contributed by atoms with van der Waals surface area (Å²) in [6, 6.07) is 21.9. The summed E-state index contributed by atoms with van der Waals surface area (Å²) in [6.07, 6.45) is 5.78. The van der Waals surface area contributed by atoms with Crippen molar-refractivity contribution in [3.05, 3.63) is 119 Å². The van der Waals surface area contributed by atoms with Crippen LogP contribution in [0.25, 0.3) is 23.3 Å². The number of carbonyl (C=O) groups excluding carboxylic acids is 2. The van der Waals surface area contributed by atoms with E-state index in [1.807, 2.05) is 6.07 Å². The molecule has 0 heterocycles. The Balaban J connectivity index is 1.64. The van der Waals surface area contributed by atoms with Gasteiger partial charge in [-0.25, -0.2) is 0 Å². The second kappa shape index (κ2) is 10.4. The van der Waals surface area contributed by atoms with E-state index in [0.29, 0.717) is 16.7 Å². The lowest BCUT2D eigenvalue weighted by Gasteiger charge is -2.11. The second-order valence-electron chi connectivity index (χ2n) is 8.02. The van der Waals surface area contributed by atoms with Crippen molar-refractivity contribution in [3.8, 4) is 34.1 Å². The highest BCUT2D eigenvalue weighted by Crippen LogP contribution is 2.40. The van der Waals surface area contributed by atoms with Gasteiger partial charge in [-0.05, 0) is 53.6 Å². The molecule has 4 aromatic carbocycles. The molecule has 0 amide bonds. The Morgan fingerprint density at radius 2 is 1.17 bits per heavy atom. The fourth-order valence-electron chi connectivity index (χ4n) is 3.58. The number of benzene rings is 4. The minimum Gasteiger partial charge on any atom is -0.508 e. The van der Waals surface area contributed by atoms with Gasteiger partial charge in [0.05, 0.1) is 5.56 Å². The Bertz CT molecular complexity index is 1480. The second-order valence-corrected chi connectivity index (χ2v) is 8.02. The van der Waals surface area contributed by atoms with Crippen molar-refractivity contribution in [2.75, 3.05) is 0 Å². The van der Waals surface area contributed by atoms with Gasteiger partial charge in [0.1, 0.15) is 23.0 Å². The van der Waals surface area contributed by atoms with Crippen molar-refractivity contribution < 1.29 is 30.0 Å². The summed E-state index contributed by atoms with van der Waals surface area (Å²) in [5.41, 5.74) is 2.07. The van der Waals surface area contributed by atoms with Crippen molar-refractivity contribution in [2.45, 2.75) is 0 Å². The number of allylic oxidation sites excluding steroid dienone is 2. The zero-order chi connectivity index (χ0) is 25.7. The third kappa shape index (κ3) is 5.51. The van der Waals surface area contributed by atoms with E-state index in [2.05, 4.69) is 0 Å². The van der Waals surface area contributed by atoms with E-state index < -0.39 is 11.5 Å². The number of ketones is 2. The highest BCUT2D eigenvalue weighted by Gasteiger charge is 2.17. The Morgan fingerprint density at radius 1 is 0.556 bits per heavy atom. The molecule has 6 nitrogen and oxygen atoms in total. The molecule has 0 aromatic heterocycles. The molecule has 178 valence electrons. The van der Waals surface area contributed by atoms with Gasteiger partial charge in [-0.15, -0.1) is 0 Å². The molecular formula is C30H22O6. The van der Waals surface area contributed by atoms with E-state index in [0.717, 1.165) is 6.07 Å². The first-order valence-electron chi connectivity index (χ1n) is 11.0. The Labute approximate surface area is 207 Å². The number of hydrogen-bond acceptors (Lipinski definition) is 6. The Kier molecular flexibility index (Phi) is 6.97. The van der Waals surface area contributed by atoms with Crippen LogP contribution in [-0.2, 0) is 0 Å². The minimum atomic E-state index is -0.522. The normalized spacial score (nSPS) is 11.2. The number of phenols is 4. The first-order valence-corrected chi connectivity index (χ1v) is 11.0. The van der Waals surface area contributed by atoms with Gasteiger partial charge in [0.25, 0.3) is 0 Å². The van der Waals surface area contributed by atoms with Gasteiger partial charge in [0.15, 0.2) is 11.6 Å². The molecule has 0 spiro atoms. The summed E-state index contributed by atoms with van der Waals surface area (Å²) in [7, 11) is 0. The van der Waals surface area contributed by atoms with E-state index in [1.54, 1.807) is 54.6 Å². The zero-order valence-electron chi connectivity index (χ0n) is 19.0. The van der Waals surface area contributed by atoms with Crippen LogP contribution in [0.2, 0.25) is 0 Å². The first kappa shape index (κ1) is 24.0. The third-order valence-electron chi connectivity index (χ3n) is 5.50. The molecule has 36 heavy (non-hydrogen) atoms. The lowest BCUT2D eigenvalue weighted by Crippen LogP contribution is -1.96. The van der Waals surface area contributed by atoms with Crippen molar-refractivity contribution >= 4 is 23.7 Å². The van der Waals surface area contributed by atoms with E-state index in [4.69, 9.17) is 0 Å². The Morgan fingerprint density at radius 3 is 1.89 bits per heavy atom. The summed E-state index contributed by atoms with van der Waals surface area (Å²) in [6.45, 7) is 0. The third-order valence-corrected chi connectivity index (χ3v) is 5.50. The summed E-state index contributed by atoms with van der Waals surface area (Å²) >= 11 is 0. The monoisotopic (exact) mass is 478 g/mol. The fraction of sp³-hybridized carbons (Fsp3) is 0. The van der Waals surface area contributed by atoms with Crippen molar-refractivity contribution in [1.29, 1.82) is 0 Å². The topological polar surface area (TPSA) is 115 Å². The SMILES string of the molecule is O=C(/C=C/c1ccc(O)c(-c2cc(C(=O)/C=C/c3ccc(O)cc3)c(O)cc2O)c1)c1ccccc1. The largest absolute Gasteiger partial charge is 0.508 e. The molecule has 0 saturated heterocycles. The summed E-state index contributed by atoms with van der Waals surface area (Å²) in [5.74, 6) is -1.51. The highest BCUT2D eigenvalue weighted by atomic mass is 16.3. The molecule has 0 aliphatic rings. The van der Waals surface area contributed by atoms with Crippen LogP contribution in [0, 0.1) is 0 Å². The molecule has 0 radical (unpaired) electrons. The van der Waals surface area contributed by atoms with Gasteiger partial charge >= 0.3 is 0 Å². The molecule has 4 rings (SSSR count). The van der Waals surface area contributed by atoms with Crippen LogP contribution in [0.15, 0.2) is 97.1 Å². The van der Waals surface area contributed by atoms with Crippen LogP contribution in [-0.4, -0.2) is 32.0 Å².